The van der Waals surface area contributed by atoms with E-state index in [9.17, 15) is 19.2 Å². The maximum absolute atomic E-state index is 16.7. The molecule has 16 heteroatoms. The summed E-state index contributed by atoms with van der Waals surface area (Å²) in [5, 5.41) is 14.2. The van der Waals surface area contributed by atoms with Gasteiger partial charge in [-0.05, 0) is 111 Å². The Labute approximate surface area is 360 Å². The fraction of sp³-hybridized carbons (Fsp3) is 0.478. The Kier molecular flexibility index (Phi) is 13.1. The van der Waals surface area contributed by atoms with Crippen LogP contribution in [0.3, 0.4) is 0 Å². The molecule has 2 fully saturated rings. The van der Waals surface area contributed by atoms with E-state index < -0.39 is 17.2 Å². The van der Waals surface area contributed by atoms with Gasteiger partial charge in [-0.15, -0.1) is 0 Å². The number of rotatable bonds is 18. The average molecular weight is 852 g/mol. The molecule has 1 unspecified atom stereocenters. The molecule has 0 saturated carbocycles. The number of unbranched alkanes of at least 4 members (excludes halogenated alkanes) is 2. The molecular weight excluding hydrogens is 794 g/mol. The Morgan fingerprint density at radius 1 is 0.790 bits per heavy atom. The molecule has 62 heavy (non-hydrogen) atoms. The Morgan fingerprint density at radius 2 is 1.45 bits per heavy atom. The zero-order valence-electron chi connectivity index (χ0n) is 36.2. The minimum absolute atomic E-state index is 0.00358. The summed E-state index contributed by atoms with van der Waals surface area (Å²) in [6.45, 7) is 5.20. The Morgan fingerprint density at radius 3 is 2.15 bits per heavy atom. The predicted molar refractivity (Wildman–Crippen MR) is 239 cm³/mol. The number of nitrogens with one attached hydrogen (secondary N) is 4. The highest BCUT2D eigenvalue weighted by Gasteiger charge is 2.36. The standard InChI is InChI=1S/C46H58FN9O6/c1-52(2)17-9-7-15-48-24-40(57)50-29-13-19-54(26-29)43-35(47)21-33-42-45(43)62-39-22-32-31-11-5-6-12-37(31)61-38(32)23-36(39)56(42)28-34(44(33)59)46(60)55-20-14-30(27-55)51-41(58)25-49-16-8-10-18-53(3)4/h5-6,11-12,21-23,28-30,48-49H,7-10,13-20,24-27H2,1-4H3,(H,50,57)(H,51,58)/t29?,30-/m1/s1. The number of hydrogen-bond acceptors (Lipinski definition) is 11. The van der Waals surface area contributed by atoms with E-state index >= 15 is 4.39 Å². The lowest BCUT2D eigenvalue weighted by Crippen LogP contribution is -2.43. The molecule has 5 aromatic rings. The number of carbonyl (C=O) groups excluding carboxylic acids is 3. The smallest absolute Gasteiger partial charge is 0.259 e. The molecule has 3 aromatic carbocycles. The number of aromatic nitrogens is 1. The van der Waals surface area contributed by atoms with Crippen LogP contribution < -0.4 is 36.3 Å². The molecule has 5 heterocycles. The summed E-state index contributed by atoms with van der Waals surface area (Å²) >= 11 is 0. The van der Waals surface area contributed by atoms with Gasteiger partial charge in [0.25, 0.3) is 5.91 Å². The molecule has 0 spiro atoms. The molecule has 330 valence electrons. The summed E-state index contributed by atoms with van der Waals surface area (Å²) in [4.78, 5) is 62.0. The van der Waals surface area contributed by atoms with Gasteiger partial charge in [0.05, 0.1) is 24.2 Å². The summed E-state index contributed by atoms with van der Waals surface area (Å²) in [5.41, 5.74) is 1.59. The highest BCUT2D eigenvalue weighted by atomic mass is 19.1. The first-order valence-corrected chi connectivity index (χ1v) is 21.8. The normalized spacial score (nSPS) is 17.1. The number of ether oxygens (including phenoxy) is 1. The summed E-state index contributed by atoms with van der Waals surface area (Å²) in [6.07, 6.45) is 6.66. The van der Waals surface area contributed by atoms with Crippen molar-refractivity contribution in [3.63, 3.8) is 0 Å². The van der Waals surface area contributed by atoms with Crippen molar-refractivity contribution in [2.45, 2.75) is 50.6 Å². The van der Waals surface area contributed by atoms with Crippen molar-refractivity contribution in [3.8, 4) is 17.2 Å². The van der Waals surface area contributed by atoms with E-state index in [1.54, 1.807) is 9.47 Å². The van der Waals surface area contributed by atoms with Crippen LogP contribution in [0.15, 0.2) is 57.9 Å². The minimum Gasteiger partial charge on any atom is -0.456 e. The number of benzene rings is 3. The van der Waals surface area contributed by atoms with Crippen LogP contribution in [0.25, 0.3) is 38.5 Å². The van der Waals surface area contributed by atoms with Crippen molar-refractivity contribution in [3.05, 3.63) is 70.3 Å². The van der Waals surface area contributed by atoms with Crippen molar-refractivity contribution < 1.29 is 27.9 Å². The van der Waals surface area contributed by atoms with Crippen molar-refractivity contribution in [2.24, 2.45) is 0 Å². The predicted octanol–water partition coefficient (Wildman–Crippen LogP) is 4.02. The van der Waals surface area contributed by atoms with Gasteiger partial charge in [0, 0.05) is 61.3 Å². The molecule has 3 aliphatic rings. The van der Waals surface area contributed by atoms with Crippen molar-refractivity contribution in [1.29, 1.82) is 0 Å². The second kappa shape index (κ2) is 18.8. The summed E-state index contributed by atoms with van der Waals surface area (Å²) in [7, 11) is 8.15. The van der Waals surface area contributed by atoms with E-state index in [1.807, 2.05) is 69.5 Å². The molecule has 0 radical (unpaired) electrons. The van der Waals surface area contributed by atoms with Crippen LogP contribution in [-0.4, -0.2) is 143 Å². The van der Waals surface area contributed by atoms with Gasteiger partial charge in [0.1, 0.15) is 27.9 Å². The number of para-hydroxylation sites is 1. The number of amides is 3. The third kappa shape index (κ3) is 9.28. The van der Waals surface area contributed by atoms with Gasteiger partial charge in [-0.1, -0.05) is 18.2 Å². The van der Waals surface area contributed by atoms with Crippen LogP contribution in [-0.2, 0) is 9.59 Å². The van der Waals surface area contributed by atoms with Gasteiger partial charge in [-0.2, -0.15) is 0 Å². The van der Waals surface area contributed by atoms with Gasteiger partial charge in [0.15, 0.2) is 17.3 Å². The van der Waals surface area contributed by atoms with Gasteiger partial charge in [-0.3, -0.25) is 19.2 Å². The Hall–Kier alpha value is -5.55. The largest absolute Gasteiger partial charge is 0.456 e. The zero-order chi connectivity index (χ0) is 43.5. The molecule has 15 nitrogen and oxygen atoms in total. The van der Waals surface area contributed by atoms with E-state index in [-0.39, 0.29) is 65.9 Å². The Balaban J connectivity index is 1.05. The number of likely N-dealkylation sites (tertiary alicyclic amines) is 1. The number of hydrogen-bond donors (Lipinski definition) is 4. The molecule has 4 N–H and O–H groups in total. The topological polar surface area (TPSA) is 157 Å². The Bertz CT molecular complexity index is 2540. The maximum atomic E-state index is 16.7. The van der Waals surface area contributed by atoms with Crippen LogP contribution in [0.2, 0.25) is 0 Å². The van der Waals surface area contributed by atoms with Gasteiger partial charge < -0.3 is 54.6 Å². The SMILES string of the molecule is CN(C)CCCCNCC(=O)NC1CCN(c2c(F)cc3c(=O)c(C(=O)N4CC[C@@H](NC(=O)CNCCCCN(C)C)C4)cn4c3c2Oc2cc3c(cc2-4)oc2ccccc23)C1. The summed E-state index contributed by atoms with van der Waals surface area (Å²) < 4.78 is 31.3. The molecule has 0 bridgehead atoms. The number of anilines is 1. The first-order valence-electron chi connectivity index (χ1n) is 21.8. The maximum Gasteiger partial charge on any atom is 0.259 e. The molecule has 2 aromatic heterocycles. The molecule has 2 saturated heterocycles. The lowest BCUT2D eigenvalue weighted by atomic mass is 10.0. The molecule has 2 atom stereocenters. The second-order valence-corrected chi connectivity index (χ2v) is 17.4. The van der Waals surface area contributed by atoms with E-state index in [1.165, 1.54) is 12.3 Å². The molecule has 3 aliphatic heterocycles. The molecular formula is C46H58FN9O6. The van der Waals surface area contributed by atoms with Gasteiger partial charge >= 0.3 is 0 Å². The van der Waals surface area contributed by atoms with E-state index in [2.05, 4.69) is 31.1 Å². The van der Waals surface area contributed by atoms with E-state index in [0.29, 0.717) is 60.6 Å². The van der Waals surface area contributed by atoms with Crippen LogP contribution in [0, 0.1) is 5.82 Å². The number of furan rings is 1. The molecule has 3 amide bonds. The van der Waals surface area contributed by atoms with Crippen molar-refractivity contribution in [1.82, 2.24) is 40.5 Å². The lowest BCUT2D eigenvalue weighted by molar-refractivity contribution is -0.121. The van der Waals surface area contributed by atoms with Gasteiger partial charge in [-0.25, -0.2) is 4.39 Å². The van der Waals surface area contributed by atoms with Crippen LogP contribution in [0.5, 0.6) is 11.5 Å². The van der Waals surface area contributed by atoms with Crippen molar-refractivity contribution >= 4 is 56.3 Å². The number of fused-ring (bicyclic) bond motifs is 5. The van der Waals surface area contributed by atoms with E-state index in [0.717, 1.165) is 62.6 Å². The number of pyridine rings is 1. The zero-order valence-corrected chi connectivity index (χ0v) is 36.2. The lowest BCUT2D eigenvalue weighted by Gasteiger charge is -2.29. The fourth-order valence-electron chi connectivity index (χ4n) is 8.90. The van der Waals surface area contributed by atoms with Crippen LogP contribution in [0.4, 0.5) is 10.1 Å². The first kappa shape index (κ1) is 43.1. The van der Waals surface area contributed by atoms with Crippen LogP contribution in [0.1, 0.15) is 48.9 Å². The highest BCUT2D eigenvalue weighted by Crippen LogP contribution is 2.49. The highest BCUT2D eigenvalue weighted by molar-refractivity contribution is 6.07. The third-order valence-electron chi connectivity index (χ3n) is 12.0. The average Bonchev–Trinajstić information content (AvgIpc) is 3.99. The third-order valence-corrected chi connectivity index (χ3v) is 12.0. The first-order chi connectivity index (χ1) is 29.9. The fourth-order valence-corrected chi connectivity index (χ4v) is 8.90. The number of halogens is 1. The number of carbonyl (C=O) groups is 3. The number of nitrogens with zero attached hydrogens (tertiary/aromatic N) is 5. The summed E-state index contributed by atoms with van der Waals surface area (Å²) in [5.74, 6) is -0.866. The second-order valence-electron chi connectivity index (χ2n) is 17.4. The summed E-state index contributed by atoms with van der Waals surface area (Å²) in [6, 6.07) is 12.0. The minimum atomic E-state index is -0.666. The molecule has 0 aliphatic carbocycles. The van der Waals surface area contributed by atoms with Crippen LogP contribution >= 0.6 is 0 Å². The monoisotopic (exact) mass is 851 g/mol. The van der Waals surface area contributed by atoms with E-state index in [4.69, 9.17) is 9.15 Å². The van der Waals surface area contributed by atoms with Gasteiger partial charge in [0.2, 0.25) is 17.2 Å². The molecule has 8 rings (SSSR count). The quantitative estimate of drug-likeness (QED) is 0.0928. The van der Waals surface area contributed by atoms with Crippen molar-refractivity contribution in [2.75, 3.05) is 98.5 Å².